The van der Waals surface area contributed by atoms with Crippen molar-refractivity contribution >= 4 is 82.4 Å². The molecule has 0 saturated heterocycles. The van der Waals surface area contributed by atoms with Crippen LogP contribution in [0.15, 0.2) is 91.0 Å². The summed E-state index contributed by atoms with van der Waals surface area (Å²) in [6, 6.07) is 29.1. The molecule has 6 rings (SSSR count). The quantitative estimate of drug-likeness (QED) is 0.175. The Balaban J connectivity index is 0.000000134. The summed E-state index contributed by atoms with van der Waals surface area (Å²) in [6.45, 7) is 0. The van der Waals surface area contributed by atoms with Crippen molar-refractivity contribution in [3.8, 4) is 0 Å². The molecular formula is C29H23NO5S3. The molecule has 3 aromatic carbocycles. The number of thiophene rings is 3. The van der Waals surface area contributed by atoms with E-state index in [2.05, 4.69) is 0 Å². The van der Waals surface area contributed by atoms with Gasteiger partial charge in [-0.3, -0.25) is 14.4 Å². The Bertz CT molecular complexity index is 1620. The Morgan fingerprint density at radius 1 is 0.737 bits per heavy atom. The van der Waals surface area contributed by atoms with Gasteiger partial charge in [-0.2, -0.15) is 0 Å². The number of aldehydes is 1. The molecule has 0 radical (unpaired) electrons. The molecule has 38 heavy (non-hydrogen) atoms. The van der Waals surface area contributed by atoms with Crippen molar-refractivity contribution in [3.05, 3.63) is 106 Å². The van der Waals surface area contributed by atoms with Crippen LogP contribution in [-0.2, 0) is 4.84 Å². The van der Waals surface area contributed by atoms with E-state index in [0.29, 0.717) is 9.75 Å². The second kappa shape index (κ2) is 12.6. The molecule has 0 aliphatic rings. The third-order valence-electron chi connectivity index (χ3n) is 5.39. The third-order valence-corrected chi connectivity index (χ3v) is 8.64. The van der Waals surface area contributed by atoms with E-state index in [0.717, 1.165) is 36.7 Å². The number of rotatable bonds is 4. The zero-order valence-electron chi connectivity index (χ0n) is 20.5. The van der Waals surface area contributed by atoms with Crippen molar-refractivity contribution in [3.63, 3.8) is 0 Å². The van der Waals surface area contributed by atoms with Gasteiger partial charge in [-0.05, 0) is 52.6 Å². The van der Waals surface area contributed by atoms with Gasteiger partial charge < -0.3 is 5.11 Å². The molecule has 3 heterocycles. The number of hydroxylamine groups is 2. The van der Waals surface area contributed by atoms with Gasteiger partial charge in [0.25, 0.3) is 5.91 Å². The number of nitrogens with zero attached hydrogens (tertiary/aromatic N) is 1. The van der Waals surface area contributed by atoms with Crippen LogP contribution in [0.3, 0.4) is 0 Å². The van der Waals surface area contributed by atoms with Crippen molar-refractivity contribution in [1.82, 2.24) is 5.06 Å². The molecule has 0 aliphatic carbocycles. The second-order valence-electron chi connectivity index (χ2n) is 7.89. The summed E-state index contributed by atoms with van der Waals surface area (Å²) in [5.74, 6) is -0.963. The number of carboxylic acid groups (broad SMARTS) is 1. The van der Waals surface area contributed by atoms with Gasteiger partial charge in [-0.15, -0.1) is 34.0 Å². The van der Waals surface area contributed by atoms with Crippen LogP contribution in [0, 0.1) is 0 Å². The van der Waals surface area contributed by atoms with E-state index >= 15 is 0 Å². The lowest BCUT2D eigenvalue weighted by Gasteiger charge is -2.11. The molecule has 9 heteroatoms. The summed E-state index contributed by atoms with van der Waals surface area (Å²) < 4.78 is 3.31. The van der Waals surface area contributed by atoms with Gasteiger partial charge in [0.05, 0.1) is 16.9 Å². The molecule has 0 unspecified atom stereocenters. The average Bonchev–Trinajstić information content (AvgIpc) is 3.68. The number of carbonyl (C=O) groups is 3. The lowest BCUT2D eigenvalue weighted by molar-refractivity contribution is -0.0753. The van der Waals surface area contributed by atoms with E-state index in [1.807, 2.05) is 84.9 Å². The fraction of sp³-hybridized carbons (Fsp3) is 0.0690. The Hall–Kier alpha value is -3.89. The van der Waals surface area contributed by atoms with E-state index in [1.54, 1.807) is 13.1 Å². The van der Waals surface area contributed by atoms with Crippen LogP contribution in [0.25, 0.3) is 30.3 Å². The highest BCUT2D eigenvalue weighted by atomic mass is 32.1. The zero-order chi connectivity index (χ0) is 27.1. The van der Waals surface area contributed by atoms with Crippen LogP contribution in [-0.4, -0.2) is 42.5 Å². The topological polar surface area (TPSA) is 83.9 Å². The molecule has 0 spiro atoms. The number of amides is 1. The third kappa shape index (κ3) is 6.51. The first-order valence-electron chi connectivity index (χ1n) is 11.4. The highest BCUT2D eigenvalue weighted by molar-refractivity contribution is 7.21. The molecule has 6 aromatic rings. The summed E-state index contributed by atoms with van der Waals surface area (Å²) in [5.41, 5.74) is 0. The normalized spacial score (nSPS) is 10.4. The summed E-state index contributed by atoms with van der Waals surface area (Å²) >= 11 is 4.31. The van der Waals surface area contributed by atoms with E-state index in [-0.39, 0.29) is 5.91 Å². The molecule has 6 nitrogen and oxygen atoms in total. The number of hydrogen-bond acceptors (Lipinski definition) is 7. The van der Waals surface area contributed by atoms with Crippen LogP contribution in [0.4, 0.5) is 0 Å². The van der Waals surface area contributed by atoms with Gasteiger partial charge in [-0.25, -0.2) is 9.86 Å². The van der Waals surface area contributed by atoms with Gasteiger partial charge in [-0.1, -0.05) is 54.6 Å². The van der Waals surface area contributed by atoms with Gasteiger partial charge in [0.15, 0.2) is 6.29 Å². The molecule has 1 amide bonds. The van der Waals surface area contributed by atoms with Crippen LogP contribution < -0.4 is 0 Å². The molecule has 192 valence electrons. The number of carboxylic acids is 1. The fourth-order valence-electron chi connectivity index (χ4n) is 3.47. The SMILES string of the molecule is CON(C)C(=O)c1cc2ccccc2s1.O=C(O)c1cc2ccccc2s1.O=Cc1cc2ccccc2s1. The summed E-state index contributed by atoms with van der Waals surface area (Å²) in [6.07, 6.45) is 0.894. The Kier molecular flexibility index (Phi) is 8.98. The highest BCUT2D eigenvalue weighted by Gasteiger charge is 2.14. The number of hydrogen-bond donors (Lipinski definition) is 1. The molecule has 0 saturated carbocycles. The predicted octanol–water partition coefficient (Wildman–Crippen LogP) is 7.85. The van der Waals surface area contributed by atoms with Gasteiger partial charge in [0.1, 0.15) is 4.88 Å². The summed E-state index contributed by atoms with van der Waals surface area (Å²) in [5, 5.41) is 13.2. The smallest absolute Gasteiger partial charge is 0.345 e. The minimum atomic E-state index is -0.851. The first-order chi connectivity index (χ1) is 18.4. The minimum Gasteiger partial charge on any atom is -0.477 e. The van der Waals surface area contributed by atoms with Gasteiger partial charge in [0.2, 0.25) is 0 Å². The predicted molar refractivity (Wildman–Crippen MR) is 157 cm³/mol. The molecular weight excluding hydrogens is 539 g/mol. The van der Waals surface area contributed by atoms with Crippen LogP contribution in [0.1, 0.15) is 29.0 Å². The number of fused-ring (bicyclic) bond motifs is 3. The van der Waals surface area contributed by atoms with Crippen LogP contribution in [0.5, 0.6) is 0 Å². The van der Waals surface area contributed by atoms with Crippen molar-refractivity contribution in [1.29, 1.82) is 0 Å². The maximum Gasteiger partial charge on any atom is 0.345 e. The standard InChI is InChI=1S/C11H11NO2S.C9H6O2S.C9H6OS/c1-12(14-2)11(13)10-7-8-5-3-4-6-9(8)15-10;10-9(11)8-5-6-3-1-2-4-7(6)12-8;10-6-8-5-7-3-1-2-4-9(7)11-8/h3-7H,1-2H3;1-5H,(H,10,11);1-6H. The van der Waals surface area contributed by atoms with E-state index in [1.165, 1.54) is 50.9 Å². The van der Waals surface area contributed by atoms with Crippen molar-refractivity contribution in [2.24, 2.45) is 0 Å². The van der Waals surface area contributed by atoms with Crippen molar-refractivity contribution < 1.29 is 24.3 Å². The van der Waals surface area contributed by atoms with Crippen molar-refractivity contribution in [2.45, 2.75) is 0 Å². The number of aromatic carboxylic acids is 1. The zero-order valence-corrected chi connectivity index (χ0v) is 22.9. The molecule has 3 aromatic heterocycles. The first-order valence-corrected chi connectivity index (χ1v) is 13.8. The Morgan fingerprint density at radius 2 is 1.18 bits per heavy atom. The first kappa shape index (κ1) is 27.2. The maximum absolute atomic E-state index is 11.8. The summed E-state index contributed by atoms with van der Waals surface area (Å²) in [7, 11) is 3.08. The van der Waals surface area contributed by atoms with Crippen LogP contribution >= 0.6 is 34.0 Å². The van der Waals surface area contributed by atoms with Gasteiger partial charge >= 0.3 is 5.97 Å². The second-order valence-corrected chi connectivity index (χ2v) is 11.2. The monoisotopic (exact) mass is 561 g/mol. The molecule has 0 fully saturated rings. The lowest BCUT2D eigenvalue weighted by atomic mass is 10.2. The Morgan fingerprint density at radius 3 is 1.63 bits per heavy atom. The maximum atomic E-state index is 11.8. The number of benzene rings is 3. The molecule has 0 atom stereocenters. The number of carbonyl (C=O) groups excluding carboxylic acids is 2. The average molecular weight is 562 g/mol. The molecule has 1 N–H and O–H groups in total. The highest BCUT2D eigenvalue weighted by Crippen LogP contribution is 2.26. The summed E-state index contributed by atoms with van der Waals surface area (Å²) in [4.78, 5) is 39.5. The van der Waals surface area contributed by atoms with Crippen LogP contribution in [0.2, 0.25) is 0 Å². The minimum absolute atomic E-state index is 0.112. The van der Waals surface area contributed by atoms with Gasteiger partial charge in [0, 0.05) is 21.1 Å². The van der Waals surface area contributed by atoms with Crippen molar-refractivity contribution in [2.75, 3.05) is 14.2 Å². The van der Waals surface area contributed by atoms with E-state index in [4.69, 9.17) is 9.94 Å². The molecule has 0 aliphatic heterocycles. The fourth-order valence-corrected chi connectivity index (χ4v) is 6.28. The Labute approximate surface area is 230 Å². The lowest BCUT2D eigenvalue weighted by Crippen LogP contribution is -2.24. The van der Waals surface area contributed by atoms with E-state index in [9.17, 15) is 14.4 Å². The molecule has 0 bridgehead atoms. The largest absolute Gasteiger partial charge is 0.477 e. The van der Waals surface area contributed by atoms with E-state index < -0.39 is 5.97 Å².